The van der Waals surface area contributed by atoms with Crippen molar-refractivity contribution in [3.63, 3.8) is 0 Å². The summed E-state index contributed by atoms with van der Waals surface area (Å²) >= 11 is 0. The van der Waals surface area contributed by atoms with E-state index in [2.05, 4.69) is 7.05 Å². The van der Waals surface area contributed by atoms with Gasteiger partial charge in [-0.1, -0.05) is 17.9 Å². The average Bonchev–Trinajstić information content (AvgIpc) is 3.32. The third-order valence-corrected chi connectivity index (χ3v) is 8.26. The Hall–Kier alpha value is -1.71. The highest BCUT2D eigenvalue weighted by atomic mass is 16.5. The van der Waals surface area contributed by atoms with Crippen LogP contribution < -0.4 is 9.84 Å². The standard InChI is InChI=1S/C21H25NO4.3H2O/c1-22(11-12-2-3-12)9-8-20-17-13-4-5-14(23)18(17)26-19(20)15(24)6-7-21(20,25)16(22)10-13;;;/h4-5,12,16,19,25H,2-3,6-11H2,1H3;3*1H2/t16-,19+,20+,21-,22?;;;/m1.../s1. The summed E-state index contributed by atoms with van der Waals surface area (Å²) in [5, 5.41) is 24.6. The zero-order valence-corrected chi connectivity index (χ0v) is 16.7. The highest BCUT2D eigenvalue weighted by Crippen LogP contribution is 2.65. The largest absolute Gasteiger partial charge is 0.870 e. The summed E-state index contributed by atoms with van der Waals surface area (Å²) in [6.45, 7) is 2.06. The van der Waals surface area contributed by atoms with Crippen LogP contribution in [-0.2, 0) is 16.6 Å². The number of nitrogens with zero attached hydrogens (tertiary/aromatic N) is 1. The number of benzene rings is 1. The molecule has 1 aromatic carbocycles. The molecule has 3 fully saturated rings. The predicted molar refractivity (Wildman–Crippen MR) is 103 cm³/mol. The summed E-state index contributed by atoms with van der Waals surface area (Å²) < 4.78 is 6.91. The molecule has 2 aliphatic heterocycles. The van der Waals surface area contributed by atoms with Gasteiger partial charge < -0.3 is 35.9 Å². The predicted octanol–water partition coefficient (Wildman–Crippen LogP) is -1.44. The molecule has 5 aliphatic rings. The Morgan fingerprint density at radius 3 is 2.66 bits per heavy atom. The second-order valence-corrected chi connectivity index (χ2v) is 9.59. The number of piperidine rings is 1. The van der Waals surface area contributed by atoms with Gasteiger partial charge in [-0.3, -0.25) is 4.79 Å². The van der Waals surface area contributed by atoms with E-state index < -0.39 is 17.1 Å². The van der Waals surface area contributed by atoms with Gasteiger partial charge in [0.15, 0.2) is 11.9 Å². The second kappa shape index (κ2) is 6.39. The molecule has 7 N–H and O–H groups in total. The molecule has 1 spiro atoms. The summed E-state index contributed by atoms with van der Waals surface area (Å²) in [5.74, 6) is 1.02. The number of carbonyl (C=O) groups excluding carboxylic acids is 1. The normalized spacial score (nSPS) is 40.6. The van der Waals surface area contributed by atoms with E-state index in [1.807, 2.05) is 6.07 Å². The fourth-order valence-corrected chi connectivity index (χ4v) is 6.93. The molecular formula is C21H31NO7. The van der Waals surface area contributed by atoms with Gasteiger partial charge in [-0.05, 0) is 24.8 Å². The monoisotopic (exact) mass is 409 g/mol. The Kier molecular flexibility index (Phi) is 4.85. The molecule has 2 heterocycles. The smallest absolute Gasteiger partial charge is 0.174 e. The quantitative estimate of drug-likeness (QED) is 0.592. The maximum Gasteiger partial charge on any atom is 0.174 e. The van der Waals surface area contributed by atoms with E-state index in [1.54, 1.807) is 6.07 Å². The fourth-order valence-electron chi connectivity index (χ4n) is 6.93. The number of carbonyl (C=O) groups is 1. The van der Waals surface area contributed by atoms with E-state index >= 15 is 0 Å². The van der Waals surface area contributed by atoms with Crippen molar-refractivity contribution in [2.24, 2.45) is 5.92 Å². The molecule has 1 saturated heterocycles. The van der Waals surface area contributed by atoms with Crippen molar-refractivity contribution in [2.45, 2.75) is 61.7 Å². The molecular weight excluding hydrogens is 378 g/mol. The summed E-state index contributed by atoms with van der Waals surface area (Å²) in [5.41, 5.74) is 0.322. The first kappa shape index (κ1) is 22.0. The van der Waals surface area contributed by atoms with E-state index in [0.717, 1.165) is 47.5 Å². The molecule has 3 aliphatic carbocycles. The van der Waals surface area contributed by atoms with Crippen LogP contribution in [0.5, 0.6) is 11.5 Å². The number of ketones is 1. The number of ether oxygens (including phenoxy) is 1. The van der Waals surface area contributed by atoms with Crippen molar-refractivity contribution in [2.75, 3.05) is 20.1 Å². The molecule has 2 saturated carbocycles. The lowest BCUT2D eigenvalue weighted by Crippen LogP contribution is -2.80. The number of quaternary nitrogens is 1. The Morgan fingerprint density at radius 1 is 1.24 bits per heavy atom. The van der Waals surface area contributed by atoms with Gasteiger partial charge in [0.05, 0.1) is 25.6 Å². The lowest BCUT2D eigenvalue weighted by Gasteiger charge is -2.64. The minimum absolute atomic E-state index is 0. The SMILES string of the molecule is C[N+]1(CC2CC2)CC[C@]23c4c5ccc([O-])c4O[C@H]2C(=O)CC[C@@]3(O)[C@H]1C5.O.O.O. The maximum atomic E-state index is 12.8. The molecule has 1 aromatic rings. The van der Waals surface area contributed by atoms with E-state index in [-0.39, 0.29) is 34.0 Å². The minimum atomic E-state index is -0.959. The maximum absolute atomic E-state index is 12.8. The summed E-state index contributed by atoms with van der Waals surface area (Å²) in [6.07, 6.45) is 4.26. The number of aliphatic hydroxyl groups is 1. The van der Waals surface area contributed by atoms with Gasteiger partial charge >= 0.3 is 0 Å². The van der Waals surface area contributed by atoms with E-state index in [1.165, 1.54) is 12.8 Å². The van der Waals surface area contributed by atoms with Gasteiger partial charge in [0.1, 0.15) is 17.4 Å². The molecule has 0 amide bonds. The van der Waals surface area contributed by atoms with Gasteiger partial charge in [-0.15, -0.1) is 0 Å². The first-order valence-electron chi connectivity index (χ1n) is 9.98. The van der Waals surface area contributed by atoms with Crippen LogP contribution in [0.15, 0.2) is 12.1 Å². The van der Waals surface area contributed by atoms with Crippen LogP contribution in [-0.4, -0.2) is 69.7 Å². The number of rotatable bonds is 2. The van der Waals surface area contributed by atoms with Crippen molar-refractivity contribution in [1.29, 1.82) is 0 Å². The molecule has 162 valence electrons. The summed E-state index contributed by atoms with van der Waals surface area (Å²) in [4.78, 5) is 12.8. The first-order valence-corrected chi connectivity index (χ1v) is 9.98. The van der Waals surface area contributed by atoms with E-state index in [4.69, 9.17) is 4.74 Å². The van der Waals surface area contributed by atoms with Gasteiger partial charge in [-0.25, -0.2) is 0 Å². The molecule has 8 heteroatoms. The summed E-state index contributed by atoms with van der Waals surface area (Å²) in [7, 11) is 2.29. The third-order valence-electron chi connectivity index (χ3n) is 8.26. The van der Waals surface area contributed by atoms with Crippen LogP contribution in [0.2, 0.25) is 0 Å². The third kappa shape index (κ3) is 2.35. The molecule has 6 rings (SSSR count). The van der Waals surface area contributed by atoms with Crippen molar-refractivity contribution in [3.8, 4) is 11.5 Å². The zero-order valence-electron chi connectivity index (χ0n) is 16.7. The van der Waals surface area contributed by atoms with Crippen molar-refractivity contribution >= 4 is 5.78 Å². The van der Waals surface area contributed by atoms with Crippen LogP contribution in [0.25, 0.3) is 0 Å². The highest BCUT2D eigenvalue weighted by molar-refractivity contribution is 5.89. The Balaban J connectivity index is 0.000000801. The Bertz CT molecular complexity index is 856. The Morgan fingerprint density at radius 2 is 1.97 bits per heavy atom. The van der Waals surface area contributed by atoms with Crippen molar-refractivity contribution < 1.29 is 40.7 Å². The first-order chi connectivity index (χ1) is 12.4. The van der Waals surface area contributed by atoms with Gasteiger partial charge in [0.25, 0.3) is 0 Å². The second-order valence-electron chi connectivity index (χ2n) is 9.59. The number of likely N-dealkylation sites (tertiary alicyclic amines) is 1. The number of hydrogen-bond acceptors (Lipinski definition) is 4. The number of Topliss-reactive ketones (excluding diaryl/α,β-unsaturated/α-hetero) is 1. The lowest BCUT2D eigenvalue weighted by atomic mass is 9.48. The van der Waals surface area contributed by atoms with Gasteiger partial charge in [0.2, 0.25) is 0 Å². The molecule has 5 atom stereocenters. The molecule has 29 heavy (non-hydrogen) atoms. The number of hydrogen-bond donors (Lipinski definition) is 1. The van der Waals surface area contributed by atoms with Crippen LogP contribution in [0.3, 0.4) is 0 Å². The van der Waals surface area contributed by atoms with Crippen LogP contribution >= 0.6 is 0 Å². The fraction of sp³-hybridized carbons (Fsp3) is 0.667. The molecule has 0 radical (unpaired) electrons. The molecule has 0 aromatic heterocycles. The van der Waals surface area contributed by atoms with Crippen LogP contribution in [0.4, 0.5) is 0 Å². The van der Waals surface area contributed by atoms with E-state index in [9.17, 15) is 15.0 Å². The minimum Gasteiger partial charge on any atom is -0.870 e. The van der Waals surface area contributed by atoms with Crippen molar-refractivity contribution in [1.82, 2.24) is 0 Å². The average molecular weight is 409 g/mol. The molecule has 8 nitrogen and oxygen atoms in total. The highest BCUT2D eigenvalue weighted by Gasteiger charge is 2.76. The summed E-state index contributed by atoms with van der Waals surface area (Å²) in [6, 6.07) is 3.58. The van der Waals surface area contributed by atoms with Crippen molar-refractivity contribution in [3.05, 3.63) is 23.3 Å². The van der Waals surface area contributed by atoms with Gasteiger partial charge in [0, 0.05) is 30.7 Å². The Labute approximate surface area is 169 Å². The van der Waals surface area contributed by atoms with E-state index in [0.29, 0.717) is 18.6 Å². The van der Waals surface area contributed by atoms with Gasteiger partial charge in [-0.2, -0.15) is 0 Å². The van der Waals surface area contributed by atoms with Crippen LogP contribution in [0.1, 0.15) is 43.2 Å². The lowest BCUT2D eigenvalue weighted by molar-refractivity contribution is -0.950. The zero-order chi connectivity index (χ0) is 17.9. The molecule has 2 bridgehead atoms. The van der Waals surface area contributed by atoms with Crippen LogP contribution in [0, 0.1) is 5.92 Å². The number of likely N-dealkylation sites (N-methyl/N-ethyl adjacent to an activating group) is 1. The topological polar surface area (TPSA) is 164 Å². The molecule has 1 unspecified atom stereocenters.